The number of hydrogen-bond acceptors (Lipinski definition) is 12. The van der Waals surface area contributed by atoms with Gasteiger partial charge >= 0.3 is 29.8 Å². The normalized spacial score (nSPS) is 11.4. The number of carbonyl (C=O) groups is 6. The summed E-state index contributed by atoms with van der Waals surface area (Å²) in [7, 11) is 9.82. The van der Waals surface area contributed by atoms with Gasteiger partial charge in [-0.05, 0) is 143 Å². The minimum absolute atomic E-state index is 0. The topological polar surface area (TPSA) is 152 Å². The smallest absolute Gasteiger partial charge is 0.306 e. The van der Waals surface area contributed by atoms with Crippen LogP contribution in [0.25, 0.3) is 0 Å². The molecule has 1 atom stereocenters. The summed E-state index contributed by atoms with van der Waals surface area (Å²) in [6.07, 6.45) is 57.4. The van der Waals surface area contributed by atoms with Crippen molar-refractivity contribution in [2.24, 2.45) is 0 Å². The summed E-state index contributed by atoms with van der Waals surface area (Å²) >= 11 is 0. The number of ketones is 1. The van der Waals surface area contributed by atoms with Crippen LogP contribution < -0.4 is 0 Å². The summed E-state index contributed by atoms with van der Waals surface area (Å²) in [5, 5.41) is 0. The molecule has 0 aromatic carbocycles. The number of allylic oxidation sites excluding steroid dienone is 4. The number of esters is 5. The third-order valence-electron chi connectivity index (χ3n) is 14.0. The van der Waals surface area contributed by atoms with Gasteiger partial charge in [0.05, 0.1) is 28.4 Å². The zero-order chi connectivity index (χ0) is 56.2. The first-order chi connectivity index (χ1) is 37.0. The Hall–Kier alpha value is -3.54. The van der Waals surface area contributed by atoms with Crippen molar-refractivity contribution in [1.29, 1.82) is 0 Å². The Bertz CT molecular complexity index is 1410. The number of nitrogens with zero attached hydrogens (tertiary/aromatic N) is 1. The van der Waals surface area contributed by atoms with E-state index in [-0.39, 0.29) is 50.8 Å². The highest BCUT2D eigenvalue weighted by Gasteiger charge is 2.15. The maximum Gasteiger partial charge on any atom is 0.306 e. The van der Waals surface area contributed by atoms with Gasteiger partial charge in [0.25, 0.3) is 0 Å². The van der Waals surface area contributed by atoms with Gasteiger partial charge in [0, 0.05) is 44.9 Å². The predicted molar refractivity (Wildman–Crippen MR) is 326 cm³/mol. The molecule has 0 spiro atoms. The maximum atomic E-state index is 12.4. The van der Waals surface area contributed by atoms with E-state index in [9.17, 15) is 28.8 Å². The second-order valence-corrected chi connectivity index (χ2v) is 21.4. The van der Waals surface area contributed by atoms with E-state index in [1.165, 1.54) is 150 Å². The third-order valence-corrected chi connectivity index (χ3v) is 14.0. The molecule has 0 fully saturated rings. The lowest BCUT2D eigenvalue weighted by atomic mass is 10.0. The molecule has 0 aromatic rings. The van der Waals surface area contributed by atoms with Crippen molar-refractivity contribution in [2.45, 2.75) is 316 Å². The minimum Gasteiger partial charge on any atom is -0.469 e. The highest BCUT2D eigenvalue weighted by Crippen LogP contribution is 2.19. The molecule has 0 amide bonds. The summed E-state index contributed by atoms with van der Waals surface area (Å²) in [4.78, 5) is 70.8. The Kier molecular flexibility index (Phi) is 68.5. The lowest BCUT2D eigenvalue weighted by Crippen LogP contribution is -2.20. The molecule has 460 valence electrons. The molecular formula is C66H125NO11. The molecule has 12 nitrogen and oxygen atoms in total. The largest absolute Gasteiger partial charge is 0.469 e. The van der Waals surface area contributed by atoms with E-state index in [0.29, 0.717) is 37.9 Å². The van der Waals surface area contributed by atoms with Crippen LogP contribution in [0.15, 0.2) is 24.3 Å². The first-order valence-electron chi connectivity index (χ1n) is 30.9. The molecule has 1 unspecified atom stereocenters. The summed E-state index contributed by atoms with van der Waals surface area (Å²) in [5.74, 6) is -0.0837. The van der Waals surface area contributed by atoms with Gasteiger partial charge in [-0.2, -0.15) is 0 Å². The first kappa shape index (κ1) is 80.9. The number of methoxy groups -OCH3 is 4. The summed E-state index contributed by atoms with van der Waals surface area (Å²) in [5.41, 5.74) is 0. The van der Waals surface area contributed by atoms with Gasteiger partial charge in [-0.1, -0.05) is 168 Å². The van der Waals surface area contributed by atoms with Crippen LogP contribution in [-0.2, 0) is 52.5 Å². The number of carbonyl (C=O) groups excluding carboxylic acids is 6. The Morgan fingerprint density at radius 1 is 0.308 bits per heavy atom. The Morgan fingerprint density at radius 3 is 0.808 bits per heavy atom. The van der Waals surface area contributed by atoms with Crippen molar-refractivity contribution < 1.29 is 52.5 Å². The molecule has 12 heteroatoms. The van der Waals surface area contributed by atoms with Gasteiger partial charge in [-0.25, -0.2) is 0 Å². The van der Waals surface area contributed by atoms with Gasteiger partial charge in [-0.3, -0.25) is 28.8 Å². The zero-order valence-corrected chi connectivity index (χ0v) is 50.1. The predicted octanol–water partition coefficient (Wildman–Crippen LogP) is 18.0. The highest BCUT2D eigenvalue weighted by atomic mass is 16.5. The highest BCUT2D eigenvalue weighted by molar-refractivity contribution is 5.78. The molecule has 0 heterocycles. The minimum atomic E-state index is -0.129. The number of hydrogen-bond donors (Lipinski definition) is 0. The van der Waals surface area contributed by atoms with E-state index in [2.05, 4.69) is 43.4 Å². The molecule has 0 N–H and O–H groups in total. The van der Waals surface area contributed by atoms with Crippen molar-refractivity contribution in [3.05, 3.63) is 24.3 Å². The van der Waals surface area contributed by atoms with Crippen LogP contribution in [0, 0.1) is 0 Å². The number of rotatable bonds is 55. The standard InChI is InChI=1S/C35H65NO6.C29H52O5.2CH4/c1-36(2)31-25-30-35(39)42-32(27-22-18-16-20-24-29-34(38)41-4)26-21-17-14-12-10-8-6-5-7-9-11-13-15-19-23-28-33(37)40-3;1-33-28(31)25-21-17-13-11-9-7-5-3-4-6-8-10-12-15-19-23-27(30)24-20-16-14-18-22-26-29(32)34-2;;/h5,7,32H,6,8-31H2,1-4H3;3,5H,4,6-26H2,1-2H3;2*1H4/b7-5-;5-3-;;. The van der Waals surface area contributed by atoms with Crippen molar-refractivity contribution in [3.8, 4) is 0 Å². The van der Waals surface area contributed by atoms with Crippen LogP contribution in [0.3, 0.4) is 0 Å². The summed E-state index contributed by atoms with van der Waals surface area (Å²) in [6, 6.07) is 0. The molecule has 0 rings (SSSR count). The van der Waals surface area contributed by atoms with E-state index in [1.807, 2.05) is 14.1 Å². The molecule has 0 saturated heterocycles. The van der Waals surface area contributed by atoms with E-state index in [1.54, 1.807) is 0 Å². The maximum absolute atomic E-state index is 12.4. The lowest BCUT2D eigenvalue weighted by Gasteiger charge is -2.18. The first-order valence-corrected chi connectivity index (χ1v) is 30.9. The van der Waals surface area contributed by atoms with E-state index in [0.717, 1.165) is 148 Å². The molecule has 78 heavy (non-hydrogen) atoms. The van der Waals surface area contributed by atoms with Crippen LogP contribution in [0.5, 0.6) is 0 Å². The van der Waals surface area contributed by atoms with Crippen molar-refractivity contribution in [2.75, 3.05) is 49.1 Å². The fraction of sp³-hybridized carbons (Fsp3) is 0.848. The van der Waals surface area contributed by atoms with Crippen LogP contribution >= 0.6 is 0 Å². The molecule has 0 aliphatic carbocycles. The summed E-state index contributed by atoms with van der Waals surface area (Å²) in [6.45, 7) is 0.905. The molecular weight excluding hydrogens is 983 g/mol. The number of Topliss-reactive ketones (excluding diaryl/α,β-unsaturated/α-hetero) is 1. The van der Waals surface area contributed by atoms with E-state index < -0.39 is 0 Å². The Balaban J connectivity index is -0.000000699. The van der Waals surface area contributed by atoms with Crippen LogP contribution in [0.1, 0.15) is 310 Å². The Labute approximate surface area is 480 Å². The fourth-order valence-corrected chi connectivity index (χ4v) is 9.10. The van der Waals surface area contributed by atoms with Crippen LogP contribution in [0.4, 0.5) is 0 Å². The number of unbranched alkanes of at least 4 members (excludes halogenated alkanes) is 30. The average Bonchev–Trinajstić information content (AvgIpc) is 3.41. The van der Waals surface area contributed by atoms with Gasteiger partial charge in [-0.15, -0.1) is 0 Å². The summed E-state index contributed by atoms with van der Waals surface area (Å²) < 4.78 is 24.5. The van der Waals surface area contributed by atoms with Crippen LogP contribution in [0.2, 0.25) is 0 Å². The SMILES string of the molecule is C.C.COC(=O)CCCCCCC/C=C\CCCCCCCCC(=O)CCCCCCCC(=O)OC.COC(=O)CCCCCCC/C=C\CCCCCCCCC(CCCCCCCC(=O)OC)OC(=O)CCCN(C)C. The second kappa shape index (κ2) is 66.0. The molecule has 0 saturated carbocycles. The van der Waals surface area contributed by atoms with Gasteiger partial charge in [0.1, 0.15) is 11.9 Å². The van der Waals surface area contributed by atoms with Crippen molar-refractivity contribution in [1.82, 2.24) is 4.90 Å². The lowest BCUT2D eigenvalue weighted by molar-refractivity contribution is -0.150. The monoisotopic (exact) mass is 1110 g/mol. The molecule has 0 aromatic heterocycles. The zero-order valence-electron chi connectivity index (χ0n) is 50.1. The average molecular weight is 1110 g/mol. The molecule has 0 bridgehead atoms. The van der Waals surface area contributed by atoms with Crippen molar-refractivity contribution >= 4 is 35.6 Å². The molecule has 0 radical (unpaired) electrons. The van der Waals surface area contributed by atoms with Gasteiger partial charge in [0.15, 0.2) is 0 Å². The Morgan fingerprint density at radius 2 is 0.538 bits per heavy atom. The quantitative estimate of drug-likeness (QED) is 0.0247. The molecule has 0 aliphatic heterocycles. The van der Waals surface area contributed by atoms with E-state index in [4.69, 9.17) is 9.47 Å². The second-order valence-electron chi connectivity index (χ2n) is 21.4. The molecule has 0 aliphatic rings. The van der Waals surface area contributed by atoms with Gasteiger partial charge in [0.2, 0.25) is 0 Å². The van der Waals surface area contributed by atoms with Crippen molar-refractivity contribution in [3.63, 3.8) is 0 Å². The third kappa shape index (κ3) is 66.7. The fourth-order valence-electron chi connectivity index (χ4n) is 9.10. The number of ether oxygens (including phenoxy) is 5. The van der Waals surface area contributed by atoms with E-state index >= 15 is 0 Å². The van der Waals surface area contributed by atoms with Crippen LogP contribution in [-0.4, -0.2) is 95.7 Å². The van der Waals surface area contributed by atoms with Gasteiger partial charge < -0.3 is 28.6 Å².